The zero-order valence-corrected chi connectivity index (χ0v) is 23.5. The zero-order chi connectivity index (χ0) is 28.4. The van der Waals surface area contributed by atoms with Crippen LogP contribution < -0.4 is 10.0 Å². The predicted octanol–water partition coefficient (Wildman–Crippen LogP) is 6.19. The lowest BCUT2D eigenvalue weighted by Gasteiger charge is -2.15. The highest BCUT2D eigenvalue weighted by Gasteiger charge is 2.19. The summed E-state index contributed by atoms with van der Waals surface area (Å²) in [7, 11) is -4.06. The molecule has 0 bridgehead atoms. The Kier molecular flexibility index (Phi) is 7.42. The van der Waals surface area contributed by atoms with Crippen LogP contribution in [0.15, 0.2) is 90.2 Å². The topological polar surface area (TPSA) is 92.2 Å². The predicted molar refractivity (Wildman–Crippen MR) is 160 cm³/mol. The number of nitrogens with zero attached hydrogens (tertiary/aromatic N) is 4. The van der Waals surface area contributed by atoms with Crippen molar-refractivity contribution in [1.29, 1.82) is 0 Å². The van der Waals surface area contributed by atoms with E-state index in [0.717, 1.165) is 24.3 Å². The van der Waals surface area contributed by atoms with Gasteiger partial charge in [-0.15, -0.1) is 0 Å². The number of fused-ring (bicyclic) bond motifs is 1. The fraction of sp³-hybridized carbons (Fsp3) is 0.226. The first-order valence-electron chi connectivity index (χ1n) is 13.6. The van der Waals surface area contributed by atoms with Crippen molar-refractivity contribution < 1.29 is 12.8 Å². The summed E-state index contributed by atoms with van der Waals surface area (Å²) in [4.78, 5) is 10.9. The van der Waals surface area contributed by atoms with E-state index >= 15 is 0 Å². The molecule has 8 nitrogen and oxygen atoms in total. The first kappa shape index (κ1) is 26.9. The third kappa shape index (κ3) is 6.08. The summed E-state index contributed by atoms with van der Waals surface area (Å²) >= 11 is 0. The summed E-state index contributed by atoms with van der Waals surface area (Å²) in [6.45, 7) is 6.15. The molecule has 1 aliphatic heterocycles. The van der Waals surface area contributed by atoms with Crippen LogP contribution in [-0.4, -0.2) is 47.5 Å². The van der Waals surface area contributed by atoms with Gasteiger partial charge in [0.25, 0.3) is 10.0 Å². The molecule has 3 heterocycles. The van der Waals surface area contributed by atoms with Gasteiger partial charge in [0.05, 0.1) is 5.69 Å². The Bertz CT molecular complexity index is 1800. The van der Waals surface area contributed by atoms with Gasteiger partial charge in [-0.25, -0.2) is 22.8 Å². The Morgan fingerprint density at radius 3 is 2.44 bits per heavy atom. The molecule has 0 amide bonds. The lowest BCUT2D eigenvalue weighted by molar-refractivity contribution is 0.324. The van der Waals surface area contributed by atoms with Crippen LogP contribution in [0.2, 0.25) is 0 Å². The first-order valence-corrected chi connectivity index (χ1v) is 15.1. The van der Waals surface area contributed by atoms with Crippen LogP contribution in [0.4, 0.5) is 21.6 Å². The average Bonchev–Trinajstić information content (AvgIpc) is 3.62. The van der Waals surface area contributed by atoms with E-state index in [4.69, 9.17) is 0 Å². The van der Waals surface area contributed by atoms with Crippen LogP contribution >= 0.6 is 0 Å². The first-order chi connectivity index (χ1) is 19.8. The highest BCUT2D eigenvalue weighted by molar-refractivity contribution is 7.92. The molecule has 5 aromatic rings. The minimum Gasteiger partial charge on any atom is -0.346 e. The third-order valence-electron chi connectivity index (χ3n) is 7.38. The van der Waals surface area contributed by atoms with Gasteiger partial charge in [0.2, 0.25) is 0 Å². The number of rotatable bonds is 9. The van der Waals surface area contributed by atoms with E-state index in [-0.39, 0.29) is 0 Å². The number of aryl methyl sites for hydroxylation is 1. The molecule has 1 fully saturated rings. The molecule has 0 aliphatic carbocycles. The lowest BCUT2D eigenvalue weighted by atomic mass is 10.1. The van der Waals surface area contributed by atoms with Crippen LogP contribution in [0.5, 0.6) is 0 Å². The number of anilines is 3. The molecule has 0 atom stereocenters. The normalized spacial score (nSPS) is 14.0. The summed E-state index contributed by atoms with van der Waals surface area (Å²) in [6.07, 6.45) is 6.27. The monoisotopic (exact) mass is 570 g/mol. The highest BCUT2D eigenvalue weighted by atomic mass is 32.2. The standard InChI is InChI=1S/C31H31FN6O2S/c1-22-4-11-30(27(32)18-22)41(39,40)36-26-8-6-25(7-9-26)35-31-20-28(33-21-34-31)23-5-10-29-24(19-23)12-15-38(29)17-16-37-13-2-3-14-37/h4-12,15,18-21,36H,2-3,13-14,16-17H2,1H3,(H,33,34,35). The number of sulfonamides is 1. The van der Waals surface area contributed by atoms with Crippen molar-refractivity contribution in [2.24, 2.45) is 0 Å². The quantitative estimate of drug-likeness (QED) is 0.220. The average molecular weight is 571 g/mol. The Morgan fingerprint density at radius 2 is 1.66 bits per heavy atom. The molecule has 1 saturated heterocycles. The fourth-order valence-corrected chi connectivity index (χ4v) is 6.32. The second-order valence-electron chi connectivity index (χ2n) is 10.4. The van der Waals surface area contributed by atoms with Gasteiger partial charge in [-0.1, -0.05) is 12.1 Å². The van der Waals surface area contributed by atoms with E-state index in [0.29, 0.717) is 22.8 Å². The van der Waals surface area contributed by atoms with Gasteiger partial charge in [-0.2, -0.15) is 0 Å². The molecule has 6 rings (SSSR count). The SMILES string of the molecule is Cc1ccc(S(=O)(=O)Nc2ccc(Nc3cc(-c4ccc5c(ccn5CCN5CCCC5)c4)ncn3)cc2)c(F)c1. The van der Waals surface area contributed by atoms with Gasteiger partial charge in [-0.05, 0) is 93.0 Å². The third-order valence-corrected chi connectivity index (χ3v) is 8.79. The van der Waals surface area contributed by atoms with Crippen molar-refractivity contribution in [3.8, 4) is 11.3 Å². The Labute approximate surface area is 238 Å². The molecular weight excluding hydrogens is 539 g/mol. The van der Waals surface area contributed by atoms with Gasteiger partial charge in [0.15, 0.2) is 0 Å². The van der Waals surface area contributed by atoms with Crippen molar-refractivity contribution in [2.75, 3.05) is 29.7 Å². The minimum atomic E-state index is -4.06. The smallest absolute Gasteiger partial charge is 0.264 e. The molecule has 0 spiro atoms. The van der Waals surface area contributed by atoms with E-state index in [1.807, 2.05) is 6.07 Å². The molecule has 2 aromatic heterocycles. The van der Waals surface area contributed by atoms with E-state index in [1.54, 1.807) is 37.3 Å². The highest BCUT2D eigenvalue weighted by Crippen LogP contribution is 2.27. The summed E-state index contributed by atoms with van der Waals surface area (Å²) in [5.74, 6) is -0.182. The molecule has 0 unspecified atom stereocenters. The van der Waals surface area contributed by atoms with Crippen molar-refractivity contribution >= 4 is 38.1 Å². The van der Waals surface area contributed by atoms with Crippen molar-refractivity contribution in [3.05, 3.63) is 96.7 Å². The van der Waals surface area contributed by atoms with Crippen LogP contribution in [0.25, 0.3) is 22.2 Å². The van der Waals surface area contributed by atoms with Crippen LogP contribution in [0.1, 0.15) is 18.4 Å². The second kappa shape index (κ2) is 11.3. The molecule has 0 saturated carbocycles. The number of nitrogens with one attached hydrogen (secondary N) is 2. The van der Waals surface area contributed by atoms with Gasteiger partial charge >= 0.3 is 0 Å². The molecule has 41 heavy (non-hydrogen) atoms. The van der Waals surface area contributed by atoms with Crippen LogP contribution in [-0.2, 0) is 16.6 Å². The van der Waals surface area contributed by atoms with Crippen LogP contribution in [0.3, 0.4) is 0 Å². The van der Waals surface area contributed by atoms with E-state index in [9.17, 15) is 12.8 Å². The van der Waals surface area contributed by atoms with Crippen LogP contribution in [0, 0.1) is 12.7 Å². The number of hydrogen-bond acceptors (Lipinski definition) is 6. The molecule has 3 aromatic carbocycles. The number of benzene rings is 3. The fourth-order valence-electron chi connectivity index (χ4n) is 5.20. The molecule has 2 N–H and O–H groups in total. The summed E-state index contributed by atoms with van der Waals surface area (Å²) < 4.78 is 44.3. The Morgan fingerprint density at radius 1 is 0.878 bits per heavy atom. The molecule has 0 radical (unpaired) electrons. The van der Waals surface area contributed by atoms with Crippen molar-refractivity contribution in [2.45, 2.75) is 31.2 Å². The number of halogens is 1. The summed E-state index contributed by atoms with van der Waals surface area (Å²) in [5.41, 5.74) is 4.67. The van der Waals surface area contributed by atoms with Gasteiger partial charge in [-0.3, -0.25) is 4.72 Å². The molecule has 210 valence electrons. The lowest BCUT2D eigenvalue weighted by Crippen LogP contribution is -2.23. The number of likely N-dealkylation sites (tertiary alicyclic amines) is 1. The molecule has 10 heteroatoms. The second-order valence-corrected chi connectivity index (χ2v) is 12.0. The Balaban J connectivity index is 1.13. The van der Waals surface area contributed by atoms with Crippen molar-refractivity contribution in [3.63, 3.8) is 0 Å². The minimum absolute atomic E-state index is 0.319. The van der Waals surface area contributed by atoms with Gasteiger partial charge in [0, 0.05) is 53.2 Å². The zero-order valence-electron chi connectivity index (χ0n) is 22.7. The maximum absolute atomic E-state index is 14.2. The molecule has 1 aliphatic rings. The van der Waals surface area contributed by atoms with E-state index < -0.39 is 20.7 Å². The Hall–Kier alpha value is -4.28. The van der Waals surface area contributed by atoms with Gasteiger partial charge in [0.1, 0.15) is 22.9 Å². The maximum Gasteiger partial charge on any atom is 0.264 e. The summed E-state index contributed by atoms with van der Waals surface area (Å²) in [6, 6.07) is 21.1. The number of aromatic nitrogens is 3. The van der Waals surface area contributed by atoms with E-state index in [2.05, 4.69) is 59.9 Å². The number of hydrogen-bond donors (Lipinski definition) is 2. The summed E-state index contributed by atoms with van der Waals surface area (Å²) in [5, 5.41) is 4.41. The molecular formula is C31H31FN6O2S. The van der Waals surface area contributed by atoms with Gasteiger partial charge < -0.3 is 14.8 Å². The van der Waals surface area contributed by atoms with E-state index in [1.165, 1.54) is 55.3 Å². The van der Waals surface area contributed by atoms with Crippen molar-refractivity contribution in [1.82, 2.24) is 19.4 Å². The maximum atomic E-state index is 14.2. The largest absolute Gasteiger partial charge is 0.346 e.